The van der Waals surface area contributed by atoms with Crippen molar-refractivity contribution in [1.82, 2.24) is 14.8 Å². The summed E-state index contributed by atoms with van der Waals surface area (Å²) in [6.07, 6.45) is 1.60. The molecule has 0 bridgehead atoms. The second-order valence-corrected chi connectivity index (χ2v) is 5.22. The minimum atomic E-state index is -0.462. The summed E-state index contributed by atoms with van der Waals surface area (Å²) in [6.45, 7) is 1.35. The smallest absolute Gasteiger partial charge is 0.270 e. The molecule has 1 heterocycles. The van der Waals surface area contributed by atoms with E-state index in [-0.39, 0.29) is 11.6 Å². The predicted octanol–water partition coefficient (Wildman–Crippen LogP) is 1.71. The van der Waals surface area contributed by atoms with Gasteiger partial charge in [-0.2, -0.15) is 0 Å². The number of aromatic amines is 1. The van der Waals surface area contributed by atoms with E-state index in [1.807, 2.05) is 19.0 Å². The lowest BCUT2D eigenvalue weighted by molar-refractivity contribution is -0.384. The molecule has 0 saturated heterocycles. The zero-order chi connectivity index (χ0) is 15.6. The molecule has 2 rings (SSSR count). The molecule has 21 heavy (non-hydrogen) atoms. The van der Waals surface area contributed by atoms with Crippen LogP contribution in [0.1, 0.15) is 10.4 Å². The van der Waals surface area contributed by atoms with Crippen molar-refractivity contribution in [3.05, 3.63) is 40.1 Å². The van der Waals surface area contributed by atoms with E-state index >= 15 is 0 Å². The lowest BCUT2D eigenvalue weighted by Gasteiger charge is -2.19. The third-order valence-electron chi connectivity index (χ3n) is 3.34. The van der Waals surface area contributed by atoms with E-state index in [4.69, 9.17) is 0 Å². The molecule has 7 nitrogen and oxygen atoms in total. The lowest BCUT2D eigenvalue weighted by Crippen LogP contribution is -2.33. The molecule has 0 aliphatic heterocycles. The van der Waals surface area contributed by atoms with Crippen molar-refractivity contribution in [3.8, 4) is 0 Å². The molecular formula is C14H18N4O3. The van der Waals surface area contributed by atoms with Gasteiger partial charge >= 0.3 is 0 Å². The Bertz CT molecular complexity index is 678. The number of nitrogens with one attached hydrogen (secondary N) is 1. The zero-order valence-electron chi connectivity index (χ0n) is 12.3. The van der Waals surface area contributed by atoms with E-state index in [9.17, 15) is 14.9 Å². The fraction of sp³-hybridized carbons (Fsp3) is 0.357. The second kappa shape index (κ2) is 5.92. The molecule has 1 N–H and O–H groups in total. The highest BCUT2D eigenvalue weighted by atomic mass is 16.6. The van der Waals surface area contributed by atoms with Gasteiger partial charge in [0.2, 0.25) is 0 Å². The standard InChI is InChI=1S/C14H18N4O3/c1-16(2)6-7-17(3)14(19)12-9-15-13-5-4-10(18(20)21)8-11(12)13/h4-5,8-9,15H,6-7H2,1-3H3. The van der Waals surface area contributed by atoms with Gasteiger partial charge < -0.3 is 14.8 Å². The van der Waals surface area contributed by atoms with Gasteiger partial charge in [-0.3, -0.25) is 14.9 Å². The van der Waals surface area contributed by atoms with Gasteiger partial charge in [0.05, 0.1) is 10.5 Å². The zero-order valence-corrected chi connectivity index (χ0v) is 12.3. The molecule has 0 fully saturated rings. The summed E-state index contributed by atoms with van der Waals surface area (Å²) in [4.78, 5) is 29.4. The monoisotopic (exact) mass is 290 g/mol. The molecule has 0 unspecified atom stereocenters. The maximum atomic E-state index is 12.4. The Morgan fingerprint density at radius 2 is 2.00 bits per heavy atom. The van der Waals surface area contributed by atoms with Crippen LogP contribution >= 0.6 is 0 Å². The average molecular weight is 290 g/mol. The summed E-state index contributed by atoms with van der Waals surface area (Å²) >= 11 is 0. The molecule has 2 aromatic rings. The normalized spacial score (nSPS) is 11.0. The van der Waals surface area contributed by atoms with Gasteiger partial charge in [0.1, 0.15) is 0 Å². The molecule has 1 aromatic heterocycles. The van der Waals surface area contributed by atoms with Crippen LogP contribution in [0.15, 0.2) is 24.4 Å². The molecule has 7 heteroatoms. The third-order valence-corrected chi connectivity index (χ3v) is 3.34. The summed E-state index contributed by atoms with van der Waals surface area (Å²) in [5.74, 6) is -0.149. The number of fused-ring (bicyclic) bond motifs is 1. The van der Waals surface area contributed by atoms with Crippen LogP contribution in [0.2, 0.25) is 0 Å². The first kappa shape index (κ1) is 15.0. The minimum Gasteiger partial charge on any atom is -0.360 e. The topological polar surface area (TPSA) is 82.5 Å². The molecule has 0 saturated carbocycles. The van der Waals surface area contributed by atoms with E-state index in [1.54, 1.807) is 24.2 Å². The van der Waals surface area contributed by atoms with Crippen LogP contribution in [0.25, 0.3) is 10.9 Å². The summed E-state index contributed by atoms with van der Waals surface area (Å²) in [6, 6.07) is 4.46. The summed E-state index contributed by atoms with van der Waals surface area (Å²) in [7, 11) is 5.60. The van der Waals surface area contributed by atoms with Crippen LogP contribution in [0.5, 0.6) is 0 Å². The Labute approximate surface area is 122 Å². The number of aromatic nitrogens is 1. The Hall–Kier alpha value is -2.41. The van der Waals surface area contributed by atoms with E-state index in [2.05, 4.69) is 4.98 Å². The molecule has 1 aromatic carbocycles. The first-order valence-corrected chi connectivity index (χ1v) is 6.56. The fourth-order valence-corrected chi connectivity index (χ4v) is 2.06. The molecule has 1 amide bonds. The maximum absolute atomic E-state index is 12.4. The van der Waals surface area contributed by atoms with Gasteiger partial charge in [-0.1, -0.05) is 0 Å². The SMILES string of the molecule is CN(C)CCN(C)C(=O)c1c[nH]c2ccc([N+](=O)[O-])cc12. The van der Waals surface area contributed by atoms with Crippen LogP contribution in [-0.2, 0) is 0 Å². The number of H-pyrrole nitrogens is 1. The number of rotatable bonds is 5. The summed E-state index contributed by atoms with van der Waals surface area (Å²) in [5.41, 5.74) is 1.15. The van der Waals surface area contributed by atoms with Crippen molar-refractivity contribution in [3.63, 3.8) is 0 Å². The predicted molar refractivity (Wildman–Crippen MR) is 80.5 cm³/mol. The number of non-ortho nitro benzene ring substituents is 1. The Balaban J connectivity index is 2.30. The third kappa shape index (κ3) is 3.19. The van der Waals surface area contributed by atoms with Crippen LogP contribution in [0.4, 0.5) is 5.69 Å². The van der Waals surface area contributed by atoms with Crippen molar-refractivity contribution >= 4 is 22.5 Å². The van der Waals surface area contributed by atoms with Gasteiger partial charge in [-0.25, -0.2) is 0 Å². The average Bonchev–Trinajstić information content (AvgIpc) is 2.86. The van der Waals surface area contributed by atoms with Crippen LogP contribution < -0.4 is 0 Å². The lowest BCUT2D eigenvalue weighted by atomic mass is 10.1. The van der Waals surface area contributed by atoms with Gasteiger partial charge in [-0.15, -0.1) is 0 Å². The highest BCUT2D eigenvalue weighted by Gasteiger charge is 2.18. The number of nitro benzene ring substituents is 1. The fourth-order valence-electron chi connectivity index (χ4n) is 2.06. The largest absolute Gasteiger partial charge is 0.360 e. The molecule has 0 spiro atoms. The van der Waals surface area contributed by atoms with Crippen molar-refractivity contribution in [2.45, 2.75) is 0 Å². The van der Waals surface area contributed by atoms with Crippen molar-refractivity contribution in [1.29, 1.82) is 0 Å². The van der Waals surface area contributed by atoms with E-state index in [1.165, 1.54) is 12.1 Å². The first-order chi connectivity index (χ1) is 9.90. The number of carbonyl (C=O) groups excluding carboxylic acids is 1. The molecule has 0 radical (unpaired) electrons. The Morgan fingerprint density at radius 3 is 2.62 bits per heavy atom. The summed E-state index contributed by atoms with van der Waals surface area (Å²) < 4.78 is 0. The van der Waals surface area contributed by atoms with Crippen molar-refractivity contribution in [2.75, 3.05) is 34.2 Å². The molecule has 0 aliphatic carbocycles. The van der Waals surface area contributed by atoms with Gasteiger partial charge in [-0.05, 0) is 20.2 Å². The van der Waals surface area contributed by atoms with E-state index in [0.29, 0.717) is 23.0 Å². The quantitative estimate of drug-likeness (QED) is 0.671. The van der Waals surface area contributed by atoms with Gasteiger partial charge in [0.15, 0.2) is 0 Å². The highest BCUT2D eigenvalue weighted by Crippen LogP contribution is 2.24. The van der Waals surface area contributed by atoms with E-state index in [0.717, 1.165) is 6.54 Å². The number of benzene rings is 1. The number of carbonyl (C=O) groups is 1. The molecule has 0 atom stereocenters. The van der Waals surface area contributed by atoms with Gasteiger partial charge in [0, 0.05) is 49.4 Å². The second-order valence-electron chi connectivity index (χ2n) is 5.22. The van der Waals surface area contributed by atoms with Crippen LogP contribution in [0, 0.1) is 10.1 Å². The number of hydrogen-bond donors (Lipinski definition) is 1. The Morgan fingerprint density at radius 1 is 1.29 bits per heavy atom. The number of hydrogen-bond acceptors (Lipinski definition) is 4. The maximum Gasteiger partial charge on any atom is 0.270 e. The van der Waals surface area contributed by atoms with Crippen LogP contribution in [0.3, 0.4) is 0 Å². The first-order valence-electron chi connectivity index (χ1n) is 6.56. The number of likely N-dealkylation sites (N-methyl/N-ethyl adjacent to an activating group) is 2. The molecule has 0 aliphatic rings. The number of nitro groups is 1. The number of amides is 1. The minimum absolute atomic E-state index is 0.0212. The Kier molecular flexibility index (Phi) is 4.23. The van der Waals surface area contributed by atoms with Crippen molar-refractivity contribution < 1.29 is 9.72 Å². The number of nitrogens with zero attached hydrogens (tertiary/aromatic N) is 3. The molecule has 112 valence electrons. The van der Waals surface area contributed by atoms with Gasteiger partial charge in [0.25, 0.3) is 11.6 Å². The van der Waals surface area contributed by atoms with Crippen LogP contribution in [-0.4, -0.2) is 59.8 Å². The molecular weight excluding hydrogens is 272 g/mol. The highest BCUT2D eigenvalue weighted by molar-refractivity contribution is 6.07. The van der Waals surface area contributed by atoms with Crippen molar-refractivity contribution in [2.24, 2.45) is 0 Å². The van der Waals surface area contributed by atoms with E-state index < -0.39 is 4.92 Å². The summed E-state index contributed by atoms with van der Waals surface area (Å²) in [5, 5.41) is 11.4.